The van der Waals surface area contributed by atoms with Crippen LogP contribution in [0.1, 0.15) is 35.9 Å². The van der Waals surface area contributed by atoms with Crippen molar-refractivity contribution in [3.8, 4) is 5.75 Å². The van der Waals surface area contributed by atoms with E-state index in [1.165, 1.54) is 12.3 Å². The smallest absolute Gasteiger partial charge is 0.352 e. The lowest BCUT2D eigenvalue weighted by Gasteiger charge is -2.08. The third-order valence-electron chi connectivity index (χ3n) is 3.19. The Hall–Kier alpha value is -3.02. The highest BCUT2D eigenvalue weighted by Gasteiger charge is 2.14. The number of hydrogen-bond donors (Lipinski definition) is 2. The van der Waals surface area contributed by atoms with Crippen molar-refractivity contribution in [2.24, 2.45) is 0 Å². The summed E-state index contributed by atoms with van der Waals surface area (Å²) in [6.07, 6.45) is 4.68. The molecule has 1 amide bonds. The van der Waals surface area contributed by atoms with Crippen LogP contribution < -0.4 is 10.1 Å². The van der Waals surface area contributed by atoms with E-state index in [1.807, 2.05) is 0 Å². The van der Waals surface area contributed by atoms with Crippen molar-refractivity contribution in [3.63, 3.8) is 0 Å². The van der Waals surface area contributed by atoms with E-state index in [0.717, 1.165) is 12.8 Å². The highest BCUT2D eigenvalue weighted by atomic mass is 16.5. The van der Waals surface area contributed by atoms with Gasteiger partial charge in [0.05, 0.1) is 12.9 Å². The molecule has 24 heavy (non-hydrogen) atoms. The Labute approximate surface area is 139 Å². The first-order valence-corrected chi connectivity index (χ1v) is 7.63. The number of ether oxygens (including phenoxy) is 1. The van der Waals surface area contributed by atoms with Gasteiger partial charge in [0.25, 0.3) is 5.91 Å². The molecule has 0 aliphatic heterocycles. The van der Waals surface area contributed by atoms with Crippen molar-refractivity contribution in [1.29, 1.82) is 0 Å². The average molecular weight is 329 g/mol. The van der Waals surface area contributed by atoms with Crippen molar-refractivity contribution < 1.29 is 23.8 Å². The second-order valence-electron chi connectivity index (χ2n) is 5.06. The van der Waals surface area contributed by atoms with Gasteiger partial charge in [-0.3, -0.25) is 4.79 Å². The predicted octanol–water partition coefficient (Wildman–Crippen LogP) is 3.31. The van der Waals surface area contributed by atoms with Gasteiger partial charge < -0.3 is 19.6 Å². The second-order valence-corrected chi connectivity index (χ2v) is 5.06. The van der Waals surface area contributed by atoms with E-state index in [1.54, 1.807) is 36.4 Å². The van der Waals surface area contributed by atoms with Crippen molar-refractivity contribution in [2.75, 3.05) is 6.61 Å². The fraction of sp³-hybridized carbons (Fsp3) is 0.222. The highest BCUT2D eigenvalue weighted by Crippen LogP contribution is 2.13. The Morgan fingerprint density at radius 1 is 1.25 bits per heavy atom. The molecule has 0 radical (unpaired) electrons. The first-order valence-electron chi connectivity index (χ1n) is 7.63. The van der Waals surface area contributed by atoms with Crippen molar-refractivity contribution in [1.82, 2.24) is 5.32 Å². The standard InChI is InChI=1S/C18H19NO5/c1-2-3-10-23-14-8-6-13(7-9-14)17(20)19-16(18(21)22)12-15-5-4-11-24-15/h4-9,11-12H,2-3,10H2,1H3,(H,19,20)(H,21,22)/b16-12+. The number of amides is 1. The largest absolute Gasteiger partial charge is 0.494 e. The number of carboxylic acids is 1. The molecule has 6 heteroatoms. The Morgan fingerprint density at radius 3 is 2.58 bits per heavy atom. The molecule has 6 nitrogen and oxygen atoms in total. The van der Waals surface area contributed by atoms with E-state index in [9.17, 15) is 14.7 Å². The second kappa shape index (κ2) is 8.57. The molecule has 0 unspecified atom stereocenters. The van der Waals surface area contributed by atoms with Gasteiger partial charge in [-0.25, -0.2) is 4.79 Å². The number of benzene rings is 1. The molecule has 2 aromatic rings. The number of aliphatic carboxylic acids is 1. The number of hydrogen-bond acceptors (Lipinski definition) is 4. The van der Waals surface area contributed by atoms with Crippen LogP contribution in [0.25, 0.3) is 6.08 Å². The molecule has 0 aliphatic carbocycles. The summed E-state index contributed by atoms with van der Waals surface area (Å²) >= 11 is 0. The number of rotatable bonds is 8. The molecule has 126 valence electrons. The molecule has 1 aromatic carbocycles. The molecule has 0 aliphatic rings. The van der Waals surface area contributed by atoms with Gasteiger partial charge in [0.2, 0.25) is 0 Å². The first kappa shape index (κ1) is 17.3. The van der Waals surface area contributed by atoms with Crippen LogP contribution in [0.2, 0.25) is 0 Å². The SMILES string of the molecule is CCCCOc1ccc(C(=O)N/C(=C/c2ccco2)C(=O)O)cc1. The van der Waals surface area contributed by atoms with E-state index < -0.39 is 11.9 Å². The number of nitrogens with one attached hydrogen (secondary N) is 1. The highest BCUT2D eigenvalue weighted by molar-refractivity contribution is 6.02. The minimum atomic E-state index is -1.25. The Balaban J connectivity index is 2.03. The summed E-state index contributed by atoms with van der Waals surface area (Å²) in [7, 11) is 0. The molecule has 2 rings (SSSR count). The average Bonchev–Trinajstić information content (AvgIpc) is 3.08. The minimum absolute atomic E-state index is 0.266. The third-order valence-corrected chi connectivity index (χ3v) is 3.19. The maximum absolute atomic E-state index is 12.2. The zero-order chi connectivity index (χ0) is 17.4. The molecule has 1 aromatic heterocycles. The van der Waals surface area contributed by atoms with Gasteiger partial charge in [0.15, 0.2) is 0 Å². The van der Waals surface area contributed by atoms with Crippen molar-refractivity contribution >= 4 is 18.0 Å². The van der Waals surface area contributed by atoms with Crippen molar-refractivity contribution in [2.45, 2.75) is 19.8 Å². The number of unbranched alkanes of at least 4 members (excludes halogenated alkanes) is 1. The Kier molecular flexibility index (Phi) is 6.19. The van der Waals surface area contributed by atoms with E-state index in [0.29, 0.717) is 23.7 Å². The van der Waals surface area contributed by atoms with Crippen molar-refractivity contribution in [3.05, 3.63) is 59.7 Å². The molecule has 2 N–H and O–H groups in total. The van der Waals surface area contributed by atoms with Crippen LogP contribution in [0.5, 0.6) is 5.75 Å². The summed E-state index contributed by atoms with van der Waals surface area (Å²) in [5, 5.41) is 11.6. The molecule has 1 heterocycles. The van der Waals surface area contributed by atoms with Crippen LogP contribution in [0.4, 0.5) is 0 Å². The lowest BCUT2D eigenvalue weighted by molar-refractivity contribution is -0.132. The monoisotopic (exact) mass is 329 g/mol. The van der Waals surface area contributed by atoms with Gasteiger partial charge in [-0.1, -0.05) is 13.3 Å². The molecule has 0 atom stereocenters. The number of carbonyl (C=O) groups excluding carboxylic acids is 1. The Bertz CT molecular complexity index is 702. The molecule has 0 bridgehead atoms. The summed E-state index contributed by atoms with van der Waals surface area (Å²) in [4.78, 5) is 23.4. The first-order chi connectivity index (χ1) is 11.6. The maximum Gasteiger partial charge on any atom is 0.352 e. The van der Waals surface area contributed by atoms with Gasteiger partial charge in [0.1, 0.15) is 17.2 Å². The zero-order valence-corrected chi connectivity index (χ0v) is 13.3. The van der Waals surface area contributed by atoms with Crippen LogP contribution in [-0.2, 0) is 4.79 Å². The Morgan fingerprint density at radius 2 is 2.00 bits per heavy atom. The maximum atomic E-state index is 12.2. The minimum Gasteiger partial charge on any atom is -0.494 e. The normalized spacial score (nSPS) is 11.1. The molecule has 0 fully saturated rings. The fourth-order valence-electron chi connectivity index (χ4n) is 1.90. The van der Waals surface area contributed by atoms with E-state index in [4.69, 9.17) is 9.15 Å². The number of carbonyl (C=O) groups is 2. The van der Waals surface area contributed by atoms with Gasteiger partial charge in [-0.2, -0.15) is 0 Å². The summed E-state index contributed by atoms with van der Waals surface area (Å²) < 4.78 is 10.6. The third kappa shape index (κ3) is 5.01. The predicted molar refractivity (Wildman–Crippen MR) is 88.6 cm³/mol. The quantitative estimate of drug-likeness (QED) is 0.573. The van der Waals surface area contributed by atoms with Crippen LogP contribution in [0.15, 0.2) is 52.8 Å². The number of carboxylic acid groups (broad SMARTS) is 1. The van der Waals surface area contributed by atoms with Gasteiger partial charge in [0, 0.05) is 11.6 Å². The van der Waals surface area contributed by atoms with Crippen LogP contribution in [0, 0.1) is 0 Å². The van der Waals surface area contributed by atoms with Crippen LogP contribution in [-0.4, -0.2) is 23.6 Å². The van der Waals surface area contributed by atoms with E-state index in [2.05, 4.69) is 12.2 Å². The van der Waals surface area contributed by atoms with Crippen LogP contribution in [0.3, 0.4) is 0 Å². The van der Waals surface area contributed by atoms with E-state index in [-0.39, 0.29) is 5.70 Å². The van der Waals surface area contributed by atoms with Crippen LogP contribution >= 0.6 is 0 Å². The molecule has 0 saturated heterocycles. The lowest BCUT2D eigenvalue weighted by atomic mass is 10.2. The number of furan rings is 1. The summed E-state index contributed by atoms with van der Waals surface area (Å²) in [6.45, 7) is 2.70. The molecular weight excluding hydrogens is 310 g/mol. The van der Waals surface area contributed by atoms with Gasteiger partial charge >= 0.3 is 5.97 Å². The van der Waals surface area contributed by atoms with Gasteiger partial charge in [-0.05, 0) is 42.8 Å². The summed E-state index contributed by atoms with van der Waals surface area (Å²) in [5.41, 5.74) is 0.0719. The lowest BCUT2D eigenvalue weighted by Crippen LogP contribution is -2.27. The van der Waals surface area contributed by atoms with E-state index >= 15 is 0 Å². The van der Waals surface area contributed by atoms with Gasteiger partial charge in [-0.15, -0.1) is 0 Å². The topological polar surface area (TPSA) is 88.8 Å². The molecule has 0 spiro atoms. The summed E-state index contributed by atoms with van der Waals surface area (Å²) in [6, 6.07) is 9.76. The molecule has 0 saturated carbocycles. The summed E-state index contributed by atoms with van der Waals surface area (Å²) in [5.74, 6) is -0.758. The zero-order valence-electron chi connectivity index (χ0n) is 13.3. The fourth-order valence-corrected chi connectivity index (χ4v) is 1.90. The molecular formula is C18H19NO5.